The number of hydrogen-bond acceptors (Lipinski definition) is 3. The van der Waals surface area contributed by atoms with E-state index in [1.807, 2.05) is 0 Å². The second kappa shape index (κ2) is 8.34. The molecule has 0 aliphatic carbocycles. The second-order valence-corrected chi connectivity index (χ2v) is 5.11. The summed E-state index contributed by atoms with van der Waals surface area (Å²) in [5, 5.41) is 13.7. The fourth-order valence-electron chi connectivity index (χ4n) is 1.61. The third kappa shape index (κ3) is 11.1. The minimum Gasteiger partial charge on any atom is -0.481 e. The van der Waals surface area contributed by atoms with Crippen LogP contribution in [0.2, 0.25) is 0 Å². The number of primary amides is 1. The van der Waals surface area contributed by atoms with Crippen molar-refractivity contribution >= 4 is 17.9 Å². The lowest BCUT2D eigenvalue weighted by atomic mass is 10.0. The van der Waals surface area contributed by atoms with Crippen molar-refractivity contribution in [2.75, 3.05) is 6.54 Å². The molecule has 5 N–H and O–H groups in total. The van der Waals surface area contributed by atoms with Crippen LogP contribution < -0.4 is 16.4 Å². The van der Waals surface area contributed by atoms with Crippen molar-refractivity contribution in [1.29, 1.82) is 0 Å². The monoisotopic (exact) mass is 273 g/mol. The average molecular weight is 273 g/mol. The maximum absolute atomic E-state index is 11.5. The lowest BCUT2D eigenvalue weighted by Gasteiger charge is -2.24. The van der Waals surface area contributed by atoms with Crippen LogP contribution in [-0.2, 0) is 9.59 Å². The summed E-state index contributed by atoms with van der Waals surface area (Å²) in [5.41, 5.74) is 4.39. The van der Waals surface area contributed by atoms with Crippen LogP contribution in [0.5, 0.6) is 0 Å². The largest absolute Gasteiger partial charge is 0.481 e. The van der Waals surface area contributed by atoms with E-state index in [1.165, 1.54) is 0 Å². The van der Waals surface area contributed by atoms with Crippen LogP contribution in [0.3, 0.4) is 0 Å². The van der Waals surface area contributed by atoms with Gasteiger partial charge in [0.2, 0.25) is 5.91 Å². The number of nitrogens with one attached hydrogen (secondary N) is 2. The number of hydrogen-bond donors (Lipinski definition) is 4. The first-order valence-electron chi connectivity index (χ1n) is 6.29. The Kier molecular flexibility index (Phi) is 7.55. The molecule has 0 aromatic carbocycles. The van der Waals surface area contributed by atoms with E-state index >= 15 is 0 Å². The number of rotatable bonds is 9. The van der Waals surface area contributed by atoms with Crippen molar-refractivity contribution in [1.82, 2.24) is 10.6 Å². The fourth-order valence-corrected chi connectivity index (χ4v) is 1.61. The molecule has 3 amide bonds. The molecule has 0 rings (SSSR count). The fraction of sp³-hybridized carbons (Fsp3) is 0.750. The van der Waals surface area contributed by atoms with Crippen LogP contribution in [0.4, 0.5) is 4.79 Å². The first-order valence-corrected chi connectivity index (χ1v) is 6.29. The zero-order valence-electron chi connectivity index (χ0n) is 11.5. The van der Waals surface area contributed by atoms with Gasteiger partial charge in [0, 0.05) is 24.9 Å². The Balaban J connectivity index is 3.69. The van der Waals surface area contributed by atoms with E-state index in [0.717, 1.165) is 12.8 Å². The molecule has 0 spiro atoms. The molecule has 110 valence electrons. The predicted molar refractivity (Wildman–Crippen MR) is 70.5 cm³/mol. The normalized spacial score (nSPS) is 10.8. The van der Waals surface area contributed by atoms with E-state index < -0.39 is 17.4 Å². The zero-order valence-corrected chi connectivity index (χ0v) is 11.5. The second-order valence-electron chi connectivity index (χ2n) is 5.11. The van der Waals surface area contributed by atoms with Crippen LogP contribution in [0.1, 0.15) is 46.0 Å². The highest BCUT2D eigenvalue weighted by Crippen LogP contribution is 2.06. The van der Waals surface area contributed by atoms with E-state index in [2.05, 4.69) is 10.6 Å². The highest BCUT2D eigenvalue weighted by atomic mass is 16.4. The molecule has 0 saturated heterocycles. The van der Waals surface area contributed by atoms with Gasteiger partial charge in [0.25, 0.3) is 0 Å². The number of carboxylic acid groups (broad SMARTS) is 1. The van der Waals surface area contributed by atoms with Gasteiger partial charge in [-0.2, -0.15) is 0 Å². The van der Waals surface area contributed by atoms with Gasteiger partial charge in [-0.3, -0.25) is 9.59 Å². The summed E-state index contributed by atoms with van der Waals surface area (Å²) in [5.74, 6) is -1.28. The van der Waals surface area contributed by atoms with Crippen molar-refractivity contribution in [3.05, 3.63) is 0 Å². The van der Waals surface area contributed by atoms with Crippen LogP contribution in [0.25, 0.3) is 0 Å². The van der Waals surface area contributed by atoms with Crippen LogP contribution in [0.15, 0.2) is 0 Å². The molecule has 0 atom stereocenters. The van der Waals surface area contributed by atoms with Gasteiger partial charge in [-0.05, 0) is 26.7 Å². The number of urea groups is 1. The molecule has 0 aliphatic heterocycles. The lowest BCUT2D eigenvalue weighted by molar-refractivity contribution is -0.137. The SMILES string of the molecule is CC(C)(CC(N)=O)NC(=O)NCCCCCC(=O)O. The summed E-state index contributed by atoms with van der Waals surface area (Å²) < 4.78 is 0. The van der Waals surface area contributed by atoms with Gasteiger partial charge in [0.15, 0.2) is 0 Å². The smallest absolute Gasteiger partial charge is 0.315 e. The number of amides is 3. The van der Waals surface area contributed by atoms with Gasteiger partial charge in [-0.15, -0.1) is 0 Å². The summed E-state index contributed by atoms with van der Waals surface area (Å²) >= 11 is 0. The van der Waals surface area contributed by atoms with Crippen molar-refractivity contribution in [2.24, 2.45) is 5.73 Å². The van der Waals surface area contributed by atoms with Crippen LogP contribution >= 0.6 is 0 Å². The highest BCUT2D eigenvalue weighted by Gasteiger charge is 2.22. The predicted octanol–water partition coefficient (Wildman–Crippen LogP) is 0.585. The first-order chi connectivity index (χ1) is 8.73. The molecule has 7 heteroatoms. The molecule has 0 heterocycles. The molecule has 0 radical (unpaired) electrons. The maximum Gasteiger partial charge on any atom is 0.315 e. The summed E-state index contributed by atoms with van der Waals surface area (Å²) in [4.78, 5) is 32.6. The molecular weight excluding hydrogens is 250 g/mol. The van der Waals surface area contributed by atoms with E-state index in [0.29, 0.717) is 13.0 Å². The van der Waals surface area contributed by atoms with Gasteiger partial charge < -0.3 is 21.5 Å². The van der Waals surface area contributed by atoms with Gasteiger partial charge in [-0.25, -0.2) is 4.79 Å². The number of carbonyl (C=O) groups excluding carboxylic acids is 2. The zero-order chi connectivity index (χ0) is 14.9. The molecule has 0 unspecified atom stereocenters. The Morgan fingerprint density at radius 2 is 1.79 bits per heavy atom. The van der Waals surface area contributed by atoms with Crippen molar-refractivity contribution < 1.29 is 19.5 Å². The van der Waals surface area contributed by atoms with Crippen LogP contribution in [-0.4, -0.2) is 35.1 Å². The Bertz CT molecular complexity index is 329. The molecular formula is C12H23N3O4. The number of carboxylic acids is 1. The molecule has 0 bridgehead atoms. The Morgan fingerprint density at radius 1 is 1.16 bits per heavy atom. The Hall–Kier alpha value is -1.79. The molecule has 0 aliphatic rings. The molecule has 0 fully saturated rings. The molecule has 0 aromatic rings. The van der Waals surface area contributed by atoms with E-state index in [4.69, 9.17) is 10.8 Å². The van der Waals surface area contributed by atoms with Gasteiger partial charge in [0.1, 0.15) is 0 Å². The third-order valence-electron chi connectivity index (χ3n) is 2.42. The van der Waals surface area contributed by atoms with Crippen molar-refractivity contribution in [2.45, 2.75) is 51.5 Å². The topological polar surface area (TPSA) is 122 Å². The van der Waals surface area contributed by atoms with Gasteiger partial charge in [0.05, 0.1) is 0 Å². The maximum atomic E-state index is 11.5. The number of aliphatic carboxylic acids is 1. The van der Waals surface area contributed by atoms with E-state index in [9.17, 15) is 14.4 Å². The standard InChI is InChI=1S/C12H23N3O4/c1-12(2,8-9(13)16)15-11(19)14-7-5-3-4-6-10(17)18/h3-8H2,1-2H3,(H2,13,16)(H,17,18)(H2,14,15,19). The number of unbranched alkanes of at least 4 members (excludes halogenated alkanes) is 2. The molecule has 0 aromatic heterocycles. The van der Waals surface area contributed by atoms with E-state index in [1.54, 1.807) is 13.8 Å². The molecule has 19 heavy (non-hydrogen) atoms. The summed E-state index contributed by atoms with van der Waals surface area (Å²) in [7, 11) is 0. The number of nitrogens with two attached hydrogens (primary N) is 1. The van der Waals surface area contributed by atoms with Gasteiger partial charge in [-0.1, -0.05) is 6.42 Å². The third-order valence-corrected chi connectivity index (χ3v) is 2.42. The minimum absolute atomic E-state index is 0.0685. The summed E-state index contributed by atoms with van der Waals surface area (Å²) in [6.07, 6.45) is 2.29. The summed E-state index contributed by atoms with van der Waals surface area (Å²) in [6.45, 7) is 3.90. The quantitative estimate of drug-likeness (QED) is 0.459. The average Bonchev–Trinajstić information content (AvgIpc) is 2.19. The number of carbonyl (C=O) groups is 3. The molecule has 0 saturated carbocycles. The Morgan fingerprint density at radius 3 is 2.32 bits per heavy atom. The molecule has 7 nitrogen and oxygen atoms in total. The van der Waals surface area contributed by atoms with Crippen LogP contribution in [0, 0.1) is 0 Å². The summed E-state index contributed by atoms with van der Waals surface area (Å²) in [6, 6.07) is -0.357. The van der Waals surface area contributed by atoms with Crippen molar-refractivity contribution in [3.63, 3.8) is 0 Å². The lowest BCUT2D eigenvalue weighted by Crippen LogP contribution is -2.50. The first kappa shape index (κ1) is 17.2. The van der Waals surface area contributed by atoms with Gasteiger partial charge >= 0.3 is 12.0 Å². The highest BCUT2D eigenvalue weighted by molar-refractivity contribution is 5.78. The van der Waals surface area contributed by atoms with E-state index in [-0.39, 0.29) is 18.9 Å². The minimum atomic E-state index is -0.807. The van der Waals surface area contributed by atoms with Crippen molar-refractivity contribution in [3.8, 4) is 0 Å². The Labute approximate surface area is 112 Å².